The molecule has 16 heavy (non-hydrogen) atoms. The number of Topliss-reactive ketones (excluding diaryl/α,β-unsaturated/α-hetero) is 1. The van der Waals surface area contributed by atoms with Crippen molar-refractivity contribution in [1.82, 2.24) is 0 Å². The molecule has 0 saturated carbocycles. The number of rotatable bonds is 6. The van der Waals surface area contributed by atoms with Crippen LogP contribution >= 0.6 is 11.6 Å². The van der Waals surface area contributed by atoms with Crippen LogP contribution in [0.25, 0.3) is 0 Å². The van der Waals surface area contributed by atoms with Gasteiger partial charge in [-0.1, -0.05) is 17.7 Å². The van der Waals surface area contributed by atoms with Crippen LogP contribution in [-0.4, -0.2) is 26.1 Å². The number of hydrogen-bond donors (Lipinski definition) is 0. The fourth-order valence-corrected chi connectivity index (χ4v) is 1.42. The van der Waals surface area contributed by atoms with Crippen molar-refractivity contribution in [2.24, 2.45) is 0 Å². The maximum absolute atomic E-state index is 11.6. The molecule has 0 unspecified atom stereocenters. The van der Waals surface area contributed by atoms with Crippen molar-refractivity contribution in [1.29, 1.82) is 0 Å². The molecule has 0 spiro atoms. The maximum atomic E-state index is 11.6. The molecule has 1 rings (SSSR count). The van der Waals surface area contributed by atoms with Gasteiger partial charge in [0.1, 0.15) is 12.4 Å². The molecule has 0 bridgehead atoms. The Labute approximate surface area is 99.6 Å². The molecule has 4 heteroatoms. The van der Waals surface area contributed by atoms with Gasteiger partial charge in [-0.05, 0) is 18.2 Å². The predicted molar refractivity (Wildman–Crippen MR) is 63.4 cm³/mol. The summed E-state index contributed by atoms with van der Waals surface area (Å²) in [6.45, 7) is 3.87. The van der Waals surface area contributed by atoms with Crippen LogP contribution in [-0.2, 0) is 4.74 Å². The average molecular weight is 241 g/mol. The zero-order valence-electron chi connectivity index (χ0n) is 9.03. The molecule has 3 nitrogen and oxygen atoms in total. The Morgan fingerprint density at radius 2 is 2.31 bits per heavy atom. The topological polar surface area (TPSA) is 35.5 Å². The van der Waals surface area contributed by atoms with Gasteiger partial charge in [-0.3, -0.25) is 4.79 Å². The highest BCUT2D eigenvalue weighted by molar-refractivity contribution is 6.32. The Kier molecular flexibility index (Phi) is 5.02. The minimum Gasteiger partial charge on any atom is -0.495 e. The second-order valence-corrected chi connectivity index (χ2v) is 3.48. The second-order valence-electron chi connectivity index (χ2n) is 3.08. The summed E-state index contributed by atoms with van der Waals surface area (Å²) in [6, 6.07) is 4.88. The fraction of sp³-hybridized carbons (Fsp3) is 0.250. The molecule has 0 N–H and O–H groups in total. The van der Waals surface area contributed by atoms with Crippen molar-refractivity contribution in [3.63, 3.8) is 0 Å². The first-order valence-electron chi connectivity index (χ1n) is 4.74. The van der Waals surface area contributed by atoms with Crippen molar-refractivity contribution in [2.75, 3.05) is 20.3 Å². The monoisotopic (exact) mass is 240 g/mol. The molecule has 0 aliphatic heterocycles. The van der Waals surface area contributed by atoms with E-state index in [1.807, 2.05) is 0 Å². The Hall–Kier alpha value is -1.32. The van der Waals surface area contributed by atoms with E-state index in [-0.39, 0.29) is 12.4 Å². The molecule has 1 aromatic rings. The zero-order chi connectivity index (χ0) is 12.0. The van der Waals surface area contributed by atoms with Crippen molar-refractivity contribution >= 4 is 17.4 Å². The molecule has 0 amide bonds. The molecular weight excluding hydrogens is 228 g/mol. The normalized spacial score (nSPS) is 9.88. The molecule has 86 valence electrons. The second kappa shape index (κ2) is 6.30. The zero-order valence-corrected chi connectivity index (χ0v) is 9.79. The van der Waals surface area contributed by atoms with Gasteiger partial charge in [0.25, 0.3) is 0 Å². The van der Waals surface area contributed by atoms with Gasteiger partial charge < -0.3 is 9.47 Å². The van der Waals surface area contributed by atoms with Gasteiger partial charge in [-0.15, -0.1) is 6.58 Å². The Morgan fingerprint density at radius 1 is 1.56 bits per heavy atom. The summed E-state index contributed by atoms with van der Waals surface area (Å²) in [4.78, 5) is 11.6. The van der Waals surface area contributed by atoms with Gasteiger partial charge >= 0.3 is 0 Å². The Morgan fingerprint density at radius 3 is 2.88 bits per heavy atom. The third-order valence-electron chi connectivity index (χ3n) is 1.94. The standard InChI is InChI=1S/C12H13ClO3/c1-3-6-16-8-11(14)9-4-5-12(15-2)10(13)7-9/h3-5,7H,1,6,8H2,2H3. The average Bonchev–Trinajstić information content (AvgIpc) is 2.29. The SMILES string of the molecule is C=CCOCC(=O)c1ccc(OC)c(Cl)c1. The predicted octanol–water partition coefficient (Wildman–Crippen LogP) is 2.73. The summed E-state index contributed by atoms with van der Waals surface area (Å²) in [6.07, 6.45) is 1.59. The number of benzene rings is 1. The third kappa shape index (κ3) is 3.36. The molecule has 0 aliphatic rings. The van der Waals surface area contributed by atoms with Crippen LogP contribution in [0.2, 0.25) is 5.02 Å². The van der Waals surface area contributed by atoms with Gasteiger partial charge in [0.15, 0.2) is 5.78 Å². The maximum Gasteiger partial charge on any atom is 0.188 e. The largest absolute Gasteiger partial charge is 0.495 e. The highest BCUT2D eigenvalue weighted by atomic mass is 35.5. The highest BCUT2D eigenvalue weighted by Crippen LogP contribution is 2.25. The highest BCUT2D eigenvalue weighted by Gasteiger charge is 2.08. The van der Waals surface area contributed by atoms with E-state index in [1.54, 1.807) is 24.3 Å². The van der Waals surface area contributed by atoms with E-state index in [0.29, 0.717) is 22.9 Å². The lowest BCUT2D eigenvalue weighted by Crippen LogP contribution is -2.09. The lowest BCUT2D eigenvalue weighted by molar-refractivity contribution is 0.0806. The van der Waals surface area contributed by atoms with E-state index < -0.39 is 0 Å². The van der Waals surface area contributed by atoms with Crippen LogP contribution in [0.4, 0.5) is 0 Å². The smallest absolute Gasteiger partial charge is 0.188 e. The van der Waals surface area contributed by atoms with E-state index in [1.165, 1.54) is 7.11 Å². The number of carbonyl (C=O) groups is 1. The minimum absolute atomic E-state index is 0.0225. The van der Waals surface area contributed by atoms with Crippen molar-refractivity contribution in [3.05, 3.63) is 41.4 Å². The van der Waals surface area contributed by atoms with Crippen LogP contribution < -0.4 is 4.74 Å². The van der Waals surface area contributed by atoms with Gasteiger partial charge in [0.2, 0.25) is 0 Å². The van der Waals surface area contributed by atoms with Crippen molar-refractivity contribution < 1.29 is 14.3 Å². The van der Waals surface area contributed by atoms with Crippen LogP contribution in [0, 0.1) is 0 Å². The van der Waals surface area contributed by atoms with Crippen LogP contribution in [0.15, 0.2) is 30.9 Å². The number of hydrogen-bond acceptors (Lipinski definition) is 3. The van der Waals surface area contributed by atoms with Crippen LogP contribution in [0.3, 0.4) is 0 Å². The van der Waals surface area contributed by atoms with E-state index in [4.69, 9.17) is 21.1 Å². The lowest BCUT2D eigenvalue weighted by atomic mass is 10.1. The first-order valence-corrected chi connectivity index (χ1v) is 5.12. The summed E-state index contributed by atoms with van der Waals surface area (Å²) in [7, 11) is 1.52. The summed E-state index contributed by atoms with van der Waals surface area (Å²) < 4.78 is 10.0. The van der Waals surface area contributed by atoms with E-state index in [0.717, 1.165) is 0 Å². The quantitative estimate of drug-likeness (QED) is 0.436. The van der Waals surface area contributed by atoms with Gasteiger partial charge in [0, 0.05) is 5.56 Å². The van der Waals surface area contributed by atoms with Crippen LogP contribution in [0.5, 0.6) is 5.75 Å². The van der Waals surface area contributed by atoms with Crippen molar-refractivity contribution in [3.8, 4) is 5.75 Å². The number of ketones is 1. The van der Waals surface area contributed by atoms with Crippen molar-refractivity contribution in [2.45, 2.75) is 0 Å². The van der Waals surface area contributed by atoms with Gasteiger partial charge in [-0.2, -0.15) is 0 Å². The minimum atomic E-state index is -0.119. The molecule has 0 radical (unpaired) electrons. The summed E-state index contributed by atoms with van der Waals surface area (Å²) in [5.74, 6) is 0.427. The number of carbonyl (C=O) groups excluding carboxylic acids is 1. The van der Waals surface area contributed by atoms with E-state index >= 15 is 0 Å². The molecule has 0 fully saturated rings. The molecular formula is C12H13ClO3. The van der Waals surface area contributed by atoms with E-state index in [2.05, 4.69) is 6.58 Å². The number of methoxy groups -OCH3 is 1. The fourth-order valence-electron chi connectivity index (χ4n) is 1.16. The Balaban J connectivity index is 2.69. The molecule has 0 aliphatic carbocycles. The first-order chi connectivity index (χ1) is 7.69. The van der Waals surface area contributed by atoms with Gasteiger partial charge in [0.05, 0.1) is 18.7 Å². The first kappa shape index (κ1) is 12.7. The Bertz CT molecular complexity index is 388. The number of ether oxygens (including phenoxy) is 2. The van der Waals surface area contributed by atoms with E-state index in [9.17, 15) is 4.79 Å². The molecule has 0 atom stereocenters. The molecule has 0 aromatic heterocycles. The number of halogens is 1. The summed E-state index contributed by atoms with van der Waals surface area (Å²) in [5, 5.41) is 0.414. The third-order valence-corrected chi connectivity index (χ3v) is 2.24. The van der Waals surface area contributed by atoms with Gasteiger partial charge in [-0.25, -0.2) is 0 Å². The summed E-state index contributed by atoms with van der Waals surface area (Å²) >= 11 is 5.90. The molecule has 0 heterocycles. The van der Waals surface area contributed by atoms with Crippen LogP contribution in [0.1, 0.15) is 10.4 Å². The summed E-state index contributed by atoms with van der Waals surface area (Å²) in [5.41, 5.74) is 0.509. The lowest BCUT2D eigenvalue weighted by Gasteiger charge is -2.05. The molecule has 1 aromatic carbocycles. The molecule has 0 saturated heterocycles.